The number of benzene rings is 1. The number of hydrogen-bond donors (Lipinski definition) is 0. The molecule has 7 nitrogen and oxygen atoms in total. The van der Waals surface area contributed by atoms with Gasteiger partial charge in [0.15, 0.2) is 0 Å². The van der Waals surface area contributed by atoms with Gasteiger partial charge >= 0.3 is 13.2 Å². The van der Waals surface area contributed by atoms with E-state index in [1.807, 2.05) is 27.7 Å². The van der Waals surface area contributed by atoms with Gasteiger partial charge in [0.2, 0.25) is 5.91 Å². The van der Waals surface area contributed by atoms with E-state index in [4.69, 9.17) is 18.8 Å². The number of hydrogen-bond acceptors (Lipinski definition) is 6. The first-order valence-corrected chi connectivity index (χ1v) is 9.25. The number of nitrogens with zero attached hydrogens (tertiary/aromatic N) is 1. The average molecular weight is 391 g/mol. The van der Waals surface area contributed by atoms with Gasteiger partial charge in [-0.25, -0.2) is 9.69 Å². The Bertz CT molecular complexity index is 752. The van der Waals surface area contributed by atoms with Crippen LogP contribution < -0.4 is 15.1 Å². The largest absolute Gasteiger partial charge is 0.497 e. The van der Waals surface area contributed by atoms with Crippen molar-refractivity contribution < 1.29 is 28.4 Å². The summed E-state index contributed by atoms with van der Waals surface area (Å²) in [5.74, 6) is -0.000563. The van der Waals surface area contributed by atoms with E-state index in [1.54, 1.807) is 39.0 Å². The van der Waals surface area contributed by atoms with Crippen molar-refractivity contribution in [2.24, 2.45) is 0 Å². The van der Waals surface area contributed by atoms with Crippen LogP contribution in [0.1, 0.15) is 55.4 Å². The lowest BCUT2D eigenvalue weighted by molar-refractivity contribution is -0.116. The van der Waals surface area contributed by atoms with Crippen LogP contribution in [-0.4, -0.2) is 43.0 Å². The number of carbonyl (C=O) groups is 2. The third-order valence-corrected chi connectivity index (χ3v) is 4.82. The van der Waals surface area contributed by atoms with E-state index in [0.717, 1.165) is 4.90 Å². The van der Waals surface area contributed by atoms with Crippen LogP contribution >= 0.6 is 0 Å². The molecule has 1 aromatic carbocycles. The van der Waals surface area contributed by atoms with Gasteiger partial charge in [0.1, 0.15) is 11.4 Å². The standard InChI is InChI=1S/C20H30BNO6/c1-13(23)22(17(24)26-18(2,3)4)15-10-14(11-16(12-15)25-9)21-27-19(5,6)20(7,8)28-21/h10-12H,1-9H3. The maximum absolute atomic E-state index is 12.6. The first kappa shape index (κ1) is 22.2. The highest BCUT2D eigenvalue weighted by Crippen LogP contribution is 2.37. The van der Waals surface area contributed by atoms with Crippen LogP contribution in [0.15, 0.2) is 18.2 Å². The molecule has 1 aromatic rings. The van der Waals surface area contributed by atoms with Gasteiger partial charge < -0.3 is 18.8 Å². The zero-order chi connectivity index (χ0) is 21.5. The van der Waals surface area contributed by atoms with Crippen molar-refractivity contribution in [1.29, 1.82) is 0 Å². The topological polar surface area (TPSA) is 74.3 Å². The molecule has 0 atom stereocenters. The van der Waals surface area contributed by atoms with E-state index >= 15 is 0 Å². The van der Waals surface area contributed by atoms with Crippen LogP contribution in [0.5, 0.6) is 5.75 Å². The highest BCUT2D eigenvalue weighted by Gasteiger charge is 2.52. The lowest BCUT2D eigenvalue weighted by Crippen LogP contribution is -2.41. The fourth-order valence-corrected chi connectivity index (χ4v) is 2.69. The SMILES string of the molecule is COc1cc(B2OC(C)(C)C(C)(C)O2)cc(N(C(C)=O)C(=O)OC(C)(C)C)c1. The summed E-state index contributed by atoms with van der Waals surface area (Å²) in [6, 6.07) is 5.04. The molecule has 0 bridgehead atoms. The monoisotopic (exact) mass is 391 g/mol. The summed E-state index contributed by atoms with van der Waals surface area (Å²) in [4.78, 5) is 25.8. The van der Waals surface area contributed by atoms with E-state index in [2.05, 4.69) is 0 Å². The molecule has 0 radical (unpaired) electrons. The number of carbonyl (C=O) groups excluding carboxylic acids is 2. The number of imide groups is 1. The van der Waals surface area contributed by atoms with Crippen molar-refractivity contribution >= 4 is 30.3 Å². The van der Waals surface area contributed by atoms with Crippen LogP contribution in [-0.2, 0) is 18.8 Å². The molecule has 0 spiro atoms. The zero-order valence-corrected chi connectivity index (χ0v) is 18.2. The molecule has 2 rings (SSSR count). The quantitative estimate of drug-likeness (QED) is 0.737. The van der Waals surface area contributed by atoms with E-state index in [-0.39, 0.29) is 0 Å². The van der Waals surface area contributed by atoms with Crippen molar-refractivity contribution in [2.45, 2.75) is 72.2 Å². The van der Waals surface area contributed by atoms with Gasteiger partial charge in [-0.2, -0.15) is 0 Å². The maximum Gasteiger partial charge on any atom is 0.495 e. The van der Waals surface area contributed by atoms with E-state index in [9.17, 15) is 9.59 Å². The van der Waals surface area contributed by atoms with Gasteiger partial charge in [0.25, 0.3) is 0 Å². The Kier molecular flexibility index (Phi) is 5.88. The van der Waals surface area contributed by atoms with Crippen LogP contribution in [0.25, 0.3) is 0 Å². The Hall–Kier alpha value is -2.06. The normalized spacial score (nSPS) is 18.0. The molecule has 28 heavy (non-hydrogen) atoms. The number of methoxy groups -OCH3 is 1. The van der Waals surface area contributed by atoms with Crippen molar-refractivity contribution in [2.75, 3.05) is 12.0 Å². The van der Waals surface area contributed by atoms with Crippen molar-refractivity contribution in [3.63, 3.8) is 0 Å². The molecule has 1 aliphatic heterocycles. The Morgan fingerprint density at radius 3 is 2.00 bits per heavy atom. The number of ether oxygens (including phenoxy) is 2. The van der Waals surface area contributed by atoms with E-state index in [0.29, 0.717) is 16.9 Å². The average Bonchev–Trinajstić information content (AvgIpc) is 2.73. The molecule has 1 fully saturated rings. The number of rotatable bonds is 3. The molecule has 154 valence electrons. The molecular weight excluding hydrogens is 361 g/mol. The molecule has 0 saturated carbocycles. The Morgan fingerprint density at radius 1 is 1.04 bits per heavy atom. The highest BCUT2D eigenvalue weighted by molar-refractivity contribution is 6.62. The highest BCUT2D eigenvalue weighted by atomic mass is 16.7. The van der Waals surface area contributed by atoms with Crippen molar-refractivity contribution in [3.05, 3.63) is 18.2 Å². The van der Waals surface area contributed by atoms with Gasteiger partial charge in [-0.1, -0.05) is 0 Å². The summed E-state index contributed by atoms with van der Waals surface area (Å²) >= 11 is 0. The lowest BCUT2D eigenvalue weighted by Gasteiger charge is -2.32. The molecule has 2 amide bonds. The van der Waals surface area contributed by atoms with E-state index < -0.39 is 35.9 Å². The molecule has 0 N–H and O–H groups in total. The number of anilines is 1. The van der Waals surface area contributed by atoms with Crippen LogP contribution in [0.3, 0.4) is 0 Å². The van der Waals surface area contributed by atoms with Crippen LogP contribution in [0.2, 0.25) is 0 Å². The first-order chi connectivity index (χ1) is 12.7. The summed E-state index contributed by atoms with van der Waals surface area (Å²) < 4.78 is 22.9. The summed E-state index contributed by atoms with van der Waals surface area (Å²) in [7, 11) is 0.852. The van der Waals surface area contributed by atoms with Gasteiger partial charge in [0.05, 0.1) is 24.0 Å². The fraction of sp³-hybridized carbons (Fsp3) is 0.600. The molecule has 0 unspecified atom stereocenters. The van der Waals surface area contributed by atoms with Crippen LogP contribution in [0, 0.1) is 0 Å². The second-order valence-corrected chi connectivity index (χ2v) is 8.89. The third-order valence-electron chi connectivity index (χ3n) is 4.82. The fourth-order valence-electron chi connectivity index (χ4n) is 2.69. The Balaban J connectivity index is 2.46. The Labute approximate surface area is 167 Å². The van der Waals surface area contributed by atoms with Crippen molar-refractivity contribution in [1.82, 2.24) is 0 Å². The molecule has 1 heterocycles. The minimum Gasteiger partial charge on any atom is -0.497 e. The second kappa shape index (κ2) is 7.41. The maximum atomic E-state index is 12.6. The summed E-state index contributed by atoms with van der Waals surface area (Å²) in [5, 5.41) is 0. The third kappa shape index (κ3) is 4.67. The summed E-state index contributed by atoms with van der Waals surface area (Å²) in [6.07, 6.45) is -0.756. The van der Waals surface area contributed by atoms with E-state index in [1.165, 1.54) is 14.0 Å². The zero-order valence-electron chi connectivity index (χ0n) is 18.2. The molecule has 0 aromatic heterocycles. The molecule has 1 saturated heterocycles. The predicted molar refractivity (Wildman–Crippen MR) is 108 cm³/mol. The number of amides is 2. The minimum atomic E-state index is -0.756. The lowest BCUT2D eigenvalue weighted by atomic mass is 9.78. The second-order valence-electron chi connectivity index (χ2n) is 8.89. The van der Waals surface area contributed by atoms with Crippen LogP contribution in [0.4, 0.5) is 10.5 Å². The summed E-state index contributed by atoms with van der Waals surface area (Å²) in [5.41, 5.74) is -0.815. The van der Waals surface area contributed by atoms with Gasteiger partial charge in [-0.05, 0) is 66.1 Å². The predicted octanol–water partition coefficient (Wildman–Crippen LogP) is 3.28. The Morgan fingerprint density at radius 2 is 1.57 bits per heavy atom. The van der Waals surface area contributed by atoms with Gasteiger partial charge in [-0.3, -0.25) is 4.79 Å². The molecule has 0 aliphatic carbocycles. The molecular formula is C20H30BNO6. The first-order valence-electron chi connectivity index (χ1n) is 9.25. The smallest absolute Gasteiger partial charge is 0.495 e. The molecule has 8 heteroatoms. The molecule has 1 aliphatic rings. The summed E-state index contributed by atoms with van der Waals surface area (Å²) in [6.45, 7) is 14.3. The van der Waals surface area contributed by atoms with Gasteiger partial charge in [0, 0.05) is 13.0 Å². The van der Waals surface area contributed by atoms with Crippen molar-refractivity contribution in [3.8, 4) is 5.75 Å². The van der Waals surface area contributed by atoms with Gasteiger partial charge in [-0.15, -0.1) is 0 Å². The minimum absolute atomic E-state index is 0.325.